The van der Waals surface area contributed by atoms with Gasteiger partial charge < -0.3 is 14.2 Å². The summed E-state index contributed by atoms with van der Waals surface area (Å²) in [6, 6.07) is 22.7. The molecule has 0 aromatic heterocycles. The lowest BCUT2D eigenvalue weighted by molar-refractivity contribution is -0.191. The van der Waals surface area contributed by atoms with Crippen LogP contribution < -0.4 is 0 Å². The zero-order valence-corrected chi connectivity index (χ0v) is 22.6. The molecule has 0 aliphatic carbocycles. The van der Waals surface area contributed by atoms with Crippen LogP contribution in [0.3, 0.4) is 0 Å². The molecule has 1 heterocycles. The predicted molar refractivity (Wildman–Crippen MR) is 145 cm³/mol. The summed E-state index contributed by atoms with van der Waals surface area (Å²) in [4.78, 5) is 24.3. The van der Waals surface area contributed by atoms with Crippen LogP contribution in [0.4, 0.5) is 8.78 Å². The second-order valence-corrected chi connectivity index (χ2v) is 10.6. The zero-order chi connectivity index (χ0) is 29.5. The van der Waals surface area contributed by atoms with Gasteiger partial charge in [-0.15, -0.1) is 0 Å². The first-order chi connectivity index (χ1) is 19.5. The van der Waals surface area contributed by atoms with E-state index in [1.54, 1.807) is 67.6 Å². The normalized spacial score (nSPS) is 20.3. The van der Waals surface area contributed by atoms with Gasteiger partial charge in [-0.25, -0.2) is 13.8 Å². The van der Waals surface area contributed by atoms with E-state index in [9.17, 15) is 18.0 Å². The molecule has 0 amide bonds. The highest BCUT2D eigenvalue weighted by Gasteiger charge is 2.63. The van der Waals surface area contributed by atoms with Gasteiger partial charge in [0, 0.05) is 12.2 Å². The van der Waals surface area contributed by atoms with E-state index >= 15 is 8.78 Å². The Morgan fingerprint density at radius 2 is 1.39 bits per heavy atom. The Morgan fingerprint density at radius 3 is 1.95 bits per heavy atom. The number of hydrogen-bond acceptors (Lipinski definition) is 8. The van der Waals surface area contributed by atoms with Gasteiger partial charge in [0.25, 0.3) is 10.1 Å². The maximum Gasteiger partial charge on any atom is 0.337 e. The van der Waals surface area contributed by atoms with Crippen molar-refractivity contribution in [1.29, 1.82) is 0 Å². The van der Waals surface area contributed by atoms with Crippen molar-refractivity contribution >= 4 is 34.2 Å². The third-order valence-electron chi connectivity index (χ3n) is 5.91. The Bertz CT molecular complexity index is 1510. The number of carbonyl (C=O) groups excluding carboxylic acids is 2. The fourth-order valence-corrected chi connectivity index (χ4v) is 4.76. The largest absolute Gasteiger partial charge is 0.460 e. The maximum absolute atomic E-state index is 15.5. The number of halogens is 2. The summed E-state index contributed by atoms with van der Waals surface area (Å²) in [6.45, 7) is 0.940. The molecule has 41 heavy (non-hydrogen) atoms. The fourth-order valence-electron chi connectivity index (χ4n) is 3.78. The average Bonchev–Trinajstić information content (AvgIpc) is 3.18. The van der Waals surface area contributed by atoms with E-state index in [1.807, 2.05) is 0 Å². The molecule has 214 valence electrons. The number of hydrogen-bond donors (Lipinski definition) is 0. The topological polar surface area (TPSA) is 105 Å². The first-order valence-electron chi connectivity index (χ1n) is 12.4. The van der Waals surface area contributed by atoms with E-state index in [1.165, 1.54) is 36.4 Å². The molecule has 8 nitrogen and oxygen atoms in total. The zero-order valence-electron chi connectivity index (χ0n) is 21.8. The van der Waals surface area contributed by atoms with E-state index in [4.69, 9.17) is 18.4 Å². The van der Waals surface area contributed by atoms with Crippen LogP contribution in [0.2, 0.25) is 0 Å². The first-order valence-corrected chi connectivity index (χ1v) is 13.8. The van der Waals surface area contributed by atoms with Crippen LogP contribution in [0.5, 0.6) is 0 Å². The molecule has 1 aliphatic rings. The van der Waals surface area contributed by atoms with E-state index in [0.29, 0.717) is 11.1 Å². The van der Waals surface area contributed by atoms with Crippen molar-refractivity contribution in [2.75, 3.05) is 6.61 Å². The number of carbonyl (C=O) groups is 2. The van der Waals surface area contributed by atoms with Crippen molar-refractivity contribution in [2.45, 2.75) is 36.2 Å². The Labute approximate surface area is 235 Å². The number of esters is 2. The Hall–Kier alpha value is -4.19. The molecule has 0 bridgehead atoms. The SMILES string of the molecule is Cc1ccc(S(=O)(=O)O[C@@H]2O[C@H](COC(=O)/C=C/c3ccccc3)[C@@H](OC(=O)/C=C/c3ccccc3)C2(F)F)cc1. The summed E-state index contributed by atoms with van der Waals surface area (Å²) in [5.74, 6) is -6.17. The van der Waals surface area contributed by atoms with Gasteiger partial charge in [-0.1, -0.05) is 78.4 Å². The molecule has 1 fully saturated rings. The smallest absolute Gasteiger partial charge is 0.337 e. The Morgan fingerprint density at radius 1 is 0.854 bits per heavy atom. The van der Waals surface area contributed by atoms with Gasteiger partial charge in [0.2, 0.25) is 12.4 Å². The third-order valence-corrected chi connectivity index (χ3v) is 7.19. The van der Waals surface area contributed by atoms with Gasteiger partial charge >= 0.3 is 17.9 Å². The highest BCUT2D eigenvalue weighted by Crippen LogP contribution is 2.40. The second kappa shape index (κ2) is 13.0. The summed E-state index contributed by atoms with van der Waals surface area (Å²) in [6.07, 6.45) is -1.90. The lowest BCUT2D eigenvalue weighted by Crippen LogP contribution is -2.45. The van der Waals surface area contributed by atoms with E-state index in [0.717, 1.165) is 17.7 Å². The fraction of sp³-hybridized carbons (Fsp3) is 0.200. The van der Waals surface area contributed by atoms with Crippen molar-refractivity contribution in [3.63, 3.8) is 0 Å². The van der Waals surface area contributed by atoms with Crippen molar-refractivity contribution in [3.05, 3.63) is 114 Å². The molecule has 1 saturated heterocycles. The molecule has 3 atom stereocenters. The van der Waals surface area contributed by atoms with Crippen LogP contribution >= 0.6 is 0 Å². The monoisotopic (exact) mass is 584 g/mol. The number of alkyl halides is 2. The highest BCUT2D eigenvalue weighted by molar-refractivity contribution is 7.86. The lowest BCUT2D eigenvalue weighted by Gasteiger charge is -2.22. The van der Waals surface area contributed by atoms with Crippen LogP contribution in [0.15, 0.2) is 102 Å². The molecule has 0 unspecified atom stereocenters. The highest BCUT2D eigenvalue weighted by atomic mass is 32.2. The maximum atomic E-state index is 15.5. The lowest BCUT2D eigenvalue weighted by atomic mass is 10.1. The molecular weight excluding hydrogens is 558 g/mol. The molecule has 0 saturated carbocycles. The molecule has 0 N–H and O–H groups in total. The molecule has 0 radical (unpaired) electrons. The average molecular weight is 585 g/mol. The van der Waals surface area contributed by atoms with Gasteiger partial charge in [0.1, 0.15) is 12.7 Å². The molecule has 3 aromatic rings. The van der Waals surface area contributed by atoms with Gasteiger partial charge in [-0.2, -0.15) is 17.2 Å². The van der Waals surface area contributed by atoms with Crippen LogP contribution in [-0.2, 0) is 38.1 Å². The van der Waals surface area contributed by atoms with Gasteiger partial charge in [-0.05, 0) is 42.3 Å². The summed E-state index contributed by atoms with van der Waals surface area (Å²) in [5, 5.41) is 0. The summed E-state index contributed by atoms with van der Waals surface area (Å²) in [7, 11) is -4.70. The van der Waals surface area contributed by atoms with E-state index < -0.39 is 53.1 Å². The van der Waals surface area contributed by atoms with Crippen LogP contribution in [0, 0.1) is 6.92 Å². The van der Waals surface area contributed by atoms with Crippen LogP contribution in [0.25, 0.3) is 12.2 Å². The molecule has 4 rings (SSSR count). The minimum absolute atomic E-state index is 0.372. The molecule has 0 spiro atoms. The first kappa shape index (κ1) is 29.8. The quantitative estimate of drug-likeness (QED) is 0.188. The van der Waals surface area contributed by atoms with Crippen molar-refractivity contribution in [3.8, 4) is 0 Å². The van der Waals surface area contributed by atoms with Crippen molar-refractivity contribution in [1.82, 2.24) is 0 Å². The standard InChI is InChI=1S/C30H26F2O8S/c1-21-12-16-24(17-13-21)41(35,36)40-29-30(31,32)28(39-27(34)19-15-23-10-6-3-7-11-23)25(38-29)20-37-26(33)18-14-22-8-4-2-5-9-22/h2-19,25,28-29H,20H2,1H3/b18-14+,19-15+/t25-,28-,29+/m1/s1. The molecular formula is C30H26F2O8S. The number of benzene rings is 3. The van der Waals surface area contributed by atoms with Gasteiger partial charge in [-0.3, -0.25) is 0 Å². The van der Waals surface area contributed by atoms with Gasteiger partial charge in [0.05, 0.1) is 4.90 Å². The summed E-state index contributed by atoms with van der Waals surface area (Å²) >= 11 is 0. The number of aryl methyl sites for hydroxylation is 1. The summed E-state index contributed by atoms with van der Waals surface area (Å²) in [5.41, 5.74) is 2.05. The summed E-state index contributed by atoms with van der Waals surface area (Å²) < 4.78 is 76.4. The predicted octanol–water partition coefficient (Wildman–Crippen LogP) is 4.94. The number of rotatable bonds is 10. The van der Waals surface area contributed by atoms with Crippen LogP contribution in [-0.4, -0.2) is 51.4 Å². The van der Waals surface area contributed by atoms with E-state index in [-0.39, 0.29) is 4.90 Å². The number of ether oxygens (including phenoxy) is 3. The Balaban J connectivity index is 1.51. The third kappa shape index (κ3) is 7.94. The van der Waals surface area contributed by atoms with Crippen molar-refractivity contribution in [2.24, 2.45) is 0 Å². The van der Waals surface area contributed by atoms with Crippen LogP contribution in [0.1, 0.15) is 16.7 Å². The second-order valence-electron chi connectivity index (χ2n) is 9.02. The van der Waals surface area contributed by atoms with Crippen molar-refractivity contribution < 1.29 is 45.2 Å². The van der Waals surface area contributed by atoms with E-state index in [2.05, 4.69) is 0 Å². The minimum atomic E-state index is -4.70. The molecule has 1 aliphatic heterocycles. The minimum Gasteiger partial charge on any atom is -0.460 e. The molecule has 11 heteroatoms. The van der Waals surface area contributed by atoms with Gasteiger partial charge in [0.15, 0.2) is 0 Å². The molecule has 3 aromatic carbocycles. The Kier molecular flexibility index (Phi) is 9.43.